The average Bonchev–Trinajstić information content (AvgIpc) is 3.65. The number of benzene rings is 2. The monoisotopic (exact) mass is 515 g/mol. The highest BCUT2D eigenvalue weighted by atomic mass is 16.6. The van der Waals surface area contributed by atoms with Gasteiger partial charge in [-0.3, -0.25) is 4.79 Å². The highest BCUT2D eigenvalue weighted by Crippen LogP contribution is 2.63. The van der Waals surface area contributed by atoms with Crippen LogP contribution >= 0.6 is 0 Å². The first-order valence-corrected chi connectivity index (χ1v) is 14.8. The molecule has 5 aliphatic rings. The van der Waals surface area contributed by atoms with Gasteiger partial charge in [-0.1, -0.05) is 67.6 Å². The van der Waals surface area contributed by atoms with Crippen molar-refractivity contribution in [3.8, 4) is 0 Å². The number of piperidine rings is 1. The van der Waals surface area contributed by atoms with Crippen LogP contribution in [-0.4, -0.2) is 53.9 Å². The van der Waals surface area contributed by atoms with E-state index in [1.54, 1.807) is 0 Å². The van der Waals surface area contributed by atoms with Crippen LogP contribution in [0.1, 0.15) is 63.0 Å². The lowest BCUT2D eigenvalue weighted by Crippen LogP contribution is -2.51. The fourth-order valence-electron chi connectivity index (χ4n) is 9.00. The Hall–Kier alpha value is -2.21. The van der Waals surface area contributed by atoms with Crippen LogP contribution in [0.2, 0.25) is 0 Å². The van der Waals surface area contributed by atoms with Crippen LogP contribution in [0.15, 0.2) is 60.7 Å². The van der Waals surface area contributed by atoms with E-state index in [0.29, 0.717) is 11.8 Å². The summed E-state index contributed by atoms with van der Waals surface area (Å²) in [6.07, 6.45) is 7.57. The molecule has 5 nitrogen and oxygen atoms in total. The first-order chi connectivity index (χ1) is 18.4. The standard InChI is InChI=1S/C33H41NO4/c1-31-15-8-16-32(22-37-32)29(31)19-26-27(30(35)38-28(26)20-31)21-34-17-13-25(14-18-34)33(36,23-9-4-2-5-10-23)24-11-6-3-7-12-24/h2-7,9-12,25-29,36H,8,13-22H2,1H3/t26-,27+,28+,29-,31+,32+/m0/s1. The normalized spacial score (nSPS) is 37.5. The van der Waals surface area contributed by atoms with Gasteiger partial charge in [0.25, 0.3) is 0 Å². The van der Waals surface area contributed by atoms with Crippen molar-refractivity contribution in [2.24, 2.45) is 29.1 Å². The minimum absolute atomic E-state index is 0.0141. The fourth-order valence-corrected chi connectivity index (χ4v) is 9.00. The number of ether oxygens (including phenoxy) is 2. The predicted molar refractivity (Wildman–Crippen MR) is 145 cm³/mol. The number of rotatable bonds is 5. The lowest BCUT2D eigenvalue weighted by molar-refractivity contribution is -0.147. The quantitative estimate of drug-likeness (QED) is 0.440. The number of likely N-dealkylation sites (tertiary alicyclic amines) is 1. The lowest BCUT2D eigenvalue weighted by atomic mass is 9.53. The van der Waals surface area contributed by atoms with Crippen LogP contribution in [0.5, 0.6) is 0 Å². The molecule has 1 N–H and O–H groups in total. The number of epoxide rings is 1. The molecular formula is C33H41NO4. The van der Waals surface area contributed by atoms with Crippen molar-refractivity contribution in [3.05, 3.63) is 71.8 Å². The third kappa shape index (κ3) is 3.96. The van der Waals surface area contributed by atoms with Crippen molar-refractivity contribution in [1.82, 2.24) is 4.90 Å². The zero-order valence-electron chi connectivity index (χ0n) is 22.6. The van der Waals surface area contributed by atoms with E-state index in [4.69, 9.17) is 9.47 Å². The summed E-state index contributed by atoms with van der Waals surface area (Å²) in [7, 11) is 0. The number of aliphatic hydroxyl groups is 1. The van der Waals surface area contributed by atoms with E-state index in [1.165, 1.54) is 19.3 Å². The van der Waals surface area contributed by atoms with E-state index < -0.39 is 5.60 Å². The van der Waals surface area contributed by atoms with Gasteiger partial charge in [-0.2, -0.15) is 0 Å². The number of hydrogen-bond donors (Lipinski definition) is 1. The summed E-state index contributed by atoms with van der Waals surface area (Å²) in [4.78, 5) is 15.6. The Bertz CT molecular complexity index is 1120. The zero-order valence-corrected chi connectivity index (χ0v) is 22.6. The van der Waals surface area contributed by atoms with Crippen LogP contribution in [0.3, 0.4) is 0 Å². The van der Waals surface area contributed by atoms with E-state index in [0.717, 1.165) is 63.1 Å². The third-order valence-electron chi connectivity index (χ3n) is 11.1. The summed E-state index contributed by atoms with van der Waals surface area (Å²) >= 11 is 0. The first kappa shape index (κ1) is 24.8. The molecule has 38 heavy (non-hydrogen) atoms. The van der Waals surface area contributed by atoms with E-state index in [1.807, 2.05) is 60.7 Å². The summed E-state index contributed by atoms with van der Waals surface area (Å²) < 4.78 is 12.2. The molecule has 3 saturated heterocycles. The topological polar surface area (TPSA) is 62.3 Å². The SMILES string of the molecule is C[C@]12CCC[C@@]3(CO3)[C@H]1C[C@@H]1[C@@H](C2)OC(=O)[C@@H]1CN1CCC(C(O)(c2ccccc2)c2ccccc2)CC1. The van der Waals surface area contributed by atoms with Crippen molar-refractivity contribution >= 4 is 5.97 Å². The van der Waals surface area contributed by atoms with Gasteiger partial charge in [0.15, 0.2) is 0 Å². The first-order valence-electron chi connectivity index (χ1n) is 14.8. The van der Waals surface area contributed by atoms with Gasteiger partial charge >= 0.3 is 5.97 Å². The average molecular weight is 516 g/mol. The Morgan fingerprint density at radius 3 is 2.24 bits per heavy atom. The molecule has 0 bridgehead atoms. The van der Waals surface area contributed by atoms with Gasteiger partial charge in [0, 0.05) is 12.5 Å². The summed E-state index contributed by atoms with van der Waals surface area (Å²) in [5.41, 5.74) is 1.23. The second-order valence-corrected chi connectivity index (χ2v) is 13.2. The molecule has 6 atom stereocenters. The molecule has 0 radical (unpaired) electrons. The van der Waals surface area contributed by atoms with Gasteiger partial charge in [-0.15, -0.1) is 0 Å². The van der Waals surface area contributed by atoms with Crippen LogP contribution < -0.4 is 0 Å². The molecule has 2 aromatic carbocycles. The molecule has 5 fully saturated rings. The Morgan fingerprint density at radius 1 is 1.00 bits per heavy atom. The molecule has 2 saturated carbocycles. The van der Waals surface area contributed by atoms with Crippen LogP contribution in [0, 0.1) is 29.1 Å². The molecule has 2 aliphatic carbocycles. The van der Waals surface area contributed by atoms with E-state index in [2.05, 4.69) is 11.8 Å². The molecule has 3 aliphatic heterocycles. The molecular weight excluding hydrogens is 474 g/mol. The van der Waals surface area contributed by atoms with E-state index in [-0.39, 0.29) is 34.9 Å². The molecule has 0 unspecified atom stereocenters. The highest BCUT2D eigenvalue weighted by molar-refractivity contribution is 5.75. The van der Waals surface area contributed by atoms with Crippen molar-refractivity contribution in [3.63, 3.8) is 0 Å². The van der Waals surface area contributed by atoms with Crippen molar-refractivity contribution in [2.45, 2.75) is 69.2 Å². The Morgan fingerprint density at radius 2 is 1.63 bits per heavy atom. The summed E-state index contributed by atoms with van der Waals surface area (Å²) in [6, 6.07) is 20.3. The number of hydrogen-bond acceptors (Lipinski definition) is 5. The maximum Gasteiger partial charge on any atom is 0.310 e. The highest BCUT2D eigenvalue weighted by Gasteiger charge is 2.65. The summed E-state index contributed by atoms with van der Waals surface area (Å²) in [5, 5.41) is 12.2. The van der Waals surface area contributed by atoms with Gasteiger partial charge in [0.2, 0.25) is 0 Å². The van der Waals surface area contributed by atoms with Gasteiger partial charge < -0.3 is 19.5 Å². The van der Waals surface area contributed by atoms with E-state index >= 15 is 0 Å². The van der Waals surface area contributed by atoms with Gasteiger partial charge in [-0.05, 0) is 86.4 Å². The van der Waals surface area contributed by atoms with Crippen LogP contribution in [0.25, 0.3) is 0 Å². The molecule has 3 heterocycles. The minimum atomic E-state index is -1.01. The van der Waals surface area contributed by atoms with Gasteiger partial charge in [-0.25, -0.2) is 0 Å². The number of nitrogens with zero attached hydrogens (tertiary/aromatic N) is 1. The summed E-state index contributed by atoms with van der Waals surface area (Å²) in [5.74, 6) is 0.958. The molecule has 5 heteroatoms. The zero-order chi connectivity index (χ0) is 26.0. The number of carbonyl (C=O) groups is 1. The molecule has 7 rings (SSSR count). The third-order valence-corrected chi connectivity index (χ3v) is 11.1. The lowest BCUT2D eigenvalue weighted by Gasteiger charge is -2.51. The van der Waals surface area contributed by atoms with E-state index in [9.17, 15) is 9.90 Å². The summed E-state index contributed by atoms with van der Waals surface area (Å²) in [6.45, 7) is 5.88. The maximum absolute atomic E-state index is 13.2. The number of esters is 1. The Balaban J connectivity index is 1.05. The largest absolute Gasteiger partial charge is 0.462 e. The Kier molecular flexibility index (Phi) is 5.99. The number of carbonyl (C=O) groups excluding carboxylic acids is 1. The maximum atomic E-state index is 13.2. The second-order valence-electron chi connectivity index (χ2n) is 13.2. The van der Waals surface area contributed by atoms with Crippen LogP contribution in [-0.2, 0) is 19.9 Å². The molecule has 0 amide bonds. The van der Waals surface area contributed by atoms with Crippen molar-refractivity contribution in [2.75, 3.05) is 26.2 Å². The van der Waals surface area contributed by atoms with Crippen LogP contribution in [0.4, 0.5) is 0 Å². The van der Waals surface area contributed by atoms with Gasteiger partial charge in [0.1, 0.15) is 11.7 Å². The molecule has 202 valence electrons. The van der Waals surface area contributed by atoms with Crippen molar-refractivity contribution in [1.29, 1.82) is 0 Å². The minimum Gasteiger partial charge on any atom is -0.462 e. The van der Waals surface area contributed by atoms with Gasteiger partial charge in [0.05, 0.1) is 18.1 Å². The molecule has 1 spiro atoms. The van der Waals surface area contributed by atoms with Crippen molar-refractivity contribution < 1.29 is 19.4 Å². The Labute approximate surface area is 226 Å². The fraction of sp³-hybridized carbons (Fsp3) is 0.606. The number of fused-ring (bicyclic) bond motifs is 3. The molecule has 0 aromatic heterocycles. The molecule has 2 aromatic rings. The smallest absolute Gasteiger partial charge is 0.310 e. The second kappa shape index (κ2) is 9.18. The predicted octanol–water partition coefficient (Wildman–Crippen LogP) is 5.16.